The largest absolute Gasteiger partial charge is 0.507 e. The average Bonchev–Trinajstić information content (AvgIpc) is 2.82. The van der Waals surface area contributed by atoms with Gasteiger partial charge in [0.25, 0.3) is 11.8 Å². The zero-order valence-electron chi connectivity index (χ0n) is 13.2. The van der Waals surface area contributed by atoms with E-state index in [2.05, 4.69) is 4.74 Å². The van der Waals surface area contributed by atoms with Crippen molar-refractivity contribution in [1.29, 1.82) is 0 Å². The summed E-state index contributed by atoms with van der Waals surface area (Å²) in [5.74, 6) is -1.60. The maximum atomic E-state index is 12.4. The van der Waals surface area contributed by atoms with Crippen molar-refractivity contribution in [1.82, 2.24) is 4.90 Å². The molecule has 1 N–H and O–H groups in total. The zero-order chi connectivity index (χ0) is 17.4. The summed E-state index contributed by atoms with van der Waals surface area (Å²) in [6, 6.07) is 9.68. The second-order valence-corrected chi connectivity index (χ2v) is 5.54. The van der Waals surface area contributed by atoms with Crippen molar-refractivity contribution in [2.75, 3.05) is 7.11 Å². The second kappa shape index (κ2) is 5.81. The van der Waals surface area contributed by atoms with Crippen LogP contribution in [0.15, 0.2) is 36.4 Å². The predicted molar refractivity (Wildman–Crippen MR) is 84.8 cm³/mol. The van der Waals surface area contributed by atoms with Gasteiger partial charge in [-0.1, -0.05) is 18.2 Å². The van der Waals surface area contributed by atoms with Crippen LogP contribution in [0.4, 0.5) is 0 Å². The molecule has 3 rings (SSSR count). The summed E-state index contributed by atoms with van der Waals surface area (Å²) in [6.45, 7) is 1.64. The zero-order valence-corrected chi connectivity index (χ0v) is 13.2. The quantitative estimate of drug-likeness (QED) is 0.691. The number of methoxy groups -OCH3 is 1. The van der Waals surface area contributed by atoms with E-state index in [-0.39, 0.29) is 29.7 Å². The summed E-state index contributed by atoms with van der Waals surface area (Å²) in [4.78, 5) is 37.7. The van der Waals surface area contributed by atoms with Gasteiger partial charge in [-0.25, -0.2) is 4.79 Å². The lowest BCUT2D eigenvalue weighted by Gasteiger charge is -2.16. The summed E-state index contributed by atoms with van der Waals surface area (Å²) >= 11 is 0. The number of amides is 2. The van der Waals surface area contributed by atoms with E-state index >= 15 is 0 Å². The molecular formula is C18H15NO5. The number of benzene rings is 2. The Morgan fingerprint density at radius 3 is 2.25 bits per heavy atom. The molecule has 6 nitrogen and oxygen atoms in total. The molecule has 2 amide bonds. The van der Waals surface area contributed by atoms with Crippen LogP contribution in [0.25, 0.3) is 0 Å². The number of carbonyl (C=O) groups is 3. The number of hydrogen-bond acceptors (Lipinski definition) is 5. The van der Waals surface area contributed by atoms with Crippen LogP contribution in [0.2, 0.25) is 0 Å². The molecule has 6 heteroatoms. The monoisotopic (exact) mass is 325 g/mol. The molecule has 2 aromatic carbocycles. The smallest absolute Gasteiger partial charge is 0.341 e. The molecule has 24 heavy (non-hydrogen) atoms. The Kier molecular flexibility index (Phi) is 3.81. The number of carbonyl (C=O) groups excluding carboxylic acids is 3. The first-order chi connectivity index (χ1) is 11.4. The van der Waals surface area contributed by atoms with E-state index in [0.717, 1.165) is 4.90 Å². The number of imide groups is 1. The van der Waals surface area contributed by atoms with Crippen LogP contribution in [-0.4, -0.2) is 34.9 Å². The van der Waals surface area contributed by atoms with Gasteiger partial charge in [0, 0.05) is 0 Å². The number of phenolic OH excluding ortho intramolecular Hbond substituents is 1. The summed E-state index contributed by atoms with van der Waals surface area (Å²) in [5, 5.41) is 9.98. The van der Waals surface area contributed by atoms with Crippen LogP contribution in [0.5, 0.6) is 5.75 Å². The van der Waals surface area contributed by atoms with Gasteiger partial charge in [0.05, 0.1) is 24.8 Å². The molecule has 0 atom stereocenters. The molecule has 1 aliphatic heterocycles. The molecule has 0 aliphatic carbocycles. The Morgan fingerprint density at radius 2 is 1.71 bits per heavy atom. The van der Waals surface area contributed by atoms with Crippen molar-refractivity contribution in [2.45, 2.75) is 13.5 Å². The lowest BCUT2D eigenvalue weighted by molar-refractivity contribution is 0.0596. The van der Waals surface area contributed by atoms with Gasteiger partial charge in [-0.2, -0.15) is 0 Å². The molecule has 0 radical (unpaired) electrons. The van der Waals surface area contributed by atoms with Crippen LogP contribution in [-0.2, 0) is 11.3 Å². The van der Waals surface area contributed by atoms with Gasteiger partial charge < -0.3 is 9.84 Å². The first-order valence-corrected chi connectivity index (χ1v) is 7.30. The van der Waals surface area contributed by atoms with E-state index in [1.165, 1.54) is 13.2 Å². The van der Waals surface area contributed by atoms with Crippen LogP contribution in [0.1, 0.15) is 42.2 Å². The highest BCUT2D eigenvalue weighted by atomic mass is 16.5. The van der Waals surface area contributed by atoms with Gasteiger partial charge in [-0.15, -0.1) is 0 Å². The minimum atomic E-state index is -0.681. The standard InChI is InChI=1S/C18H15NO5/c1-10-7-11(8-14(15(10)20)18(23)24-2)9-19-16(21)12-5-3-4-6-13(12)17(19)22/h3-8,20H,9H2,1-2H3. The van der Waals surface area contributed by atoms with E-state index in [1.54, 1.807) is 37.3 Å². The van der Waals surface area contributed by atoms with Gasteiger partial charge in [-0.3, -0.25) is 14.5 Å². The lowest BCUT2D eigenvalue weighted by atomic mass is 10.0. The van der Waals surface area contributed by atoms with Gasteiger partial charge in [-0.05, 0) is 36.2 Å². The molecule has 0 unspecified atom stereocenters. The van der Waals surface area contributed by atoms with Crippen molar-refractivity contribution in [3.8, 4) is 5.75 Å². The summed E-state index contributed by atoms with van der Waals surface area (Å²) in [5.41, 5.74) is 1.76. The Balaban J connectivity index is 1.96. The number of phenols is 1. The maximum absolute atomic E-state index is 12.4. The van der Waals surface area contributed by atoms with Crippen LogP contribution in [0, 0.1) is 6.92 Å². The highest BCUT2D eigenvalue weighted by Gasteiger charge is 2.35. The number of ether oxygens (including phenoxy) is 1. The number of hydrogen-bond donors (Lipinski definition) is 1. The third kappa shape index (κ3) is 2.42. The number of esters is 1. The summed E-state index contributed by atoms with van der Waals surface area (Å²) in [7, 11) is 1.22. The van der Waals surface area contributed by atoms with Crippen LogP contribution < -0.4 is 0 Å². The first-order valence-electron chi connectivity index (χ1n) is 7.30. The highest BCUT2D eigenvalue weighted by molar-refractivity contribution is 6.21. The fourth-order valence-electron chi connectivity index (χ4n) is 2.78. The number of rotatable bonds is 3. The maximum Gasteiger partial charge on any atom is 0.341 e. The molecule has 0 bridgehead atoms. The van der Waals surface area contributed by atoms with Crippen molar-refractivity contribution in [3.63, 3.8) is 0 Å². The lowest BCUT2D eigenvalue weighted by Crippen LogP contribution is -2.29. The van der Waals surface area contributed by atoms with E-state index in [4.69, 9.17) is 0 Å². The molecule has 2 aromatic rings. The number of aryl methyl sites for hydroxylation is 1. The molecule has 1 heterocycles. The molecule has 0 saturated heterocycles. The van der Waals surface area contributed by atoms with Crippen molar-refractivity contribution < 1.29 is 24.2 Å². The second-order valence-electron chi connectivity index (χ2n) is 5.54. The molecule has 0 aromatic heterocycles. The molecule has 0 spiro atoms. The van der Waals surface area contributed by atoms with Gasteiger partial charge in [0.15, 0.2) is 0 Å². The minimum absolute atomic E-state index is 0.00380. The predicted octanol–water partition coefficient (Wildman–Crippen LogP) is 2.28. The molecule has 1 aliphatic rings. The Labute approximate surface area is 138 Å². The van der Waals surface area contributed by atoms with Gasteiger partial charge >= 0.3 is 5.97 Å². The summed E-state index contributed by atoms with van der Waals surface area (Å²) in [6.07, 6.45) is 0. The van der Waals surface area contributed by atoms with E-state index in [9.17, 15) is 19.5 Å². The Morgan fingerprint density at radius 1 is 1.12 bits per heavy atom. The summed E-state index contributed by atoms with van der Waals surface area (Å²) < 4.78 is 4.64. The van der Waals surface area contributed by atoms with E-state index in [1.807, 2.05) is 0 Å². The van der Waals surface area contributed by atoms with Gasteiger partial charge in [0.2, 0.25) is 0 Å². The normalized spacial score (nSPS) is 13.2. The molecule has 0 fully saturated rings. The SMILES string of the molecule is COC(=O)c1cc(CN2C(=O)c3ccccc3C2=O)cc(C)c1O. The van der Waals surface area contributed by atoms with E-state index in [0.29, 0.717) is 22.3 Å². The minimum Gasteiger partial charge on any atom is -0.507 e. The molecular weight excluding hydrogens is 310 g/mol. The number of aromatic hydroxyl groups is 1. The topological polar surface area (TPSA) is 83.9 Å². The fraction of sp³-hybridized carbons (Fsp3) is 0.167. The van der Waals surface area contributed by atoms with Crippen molar-refractivity contribution in [3.05, 3.63) is 64.2 Å². The van der Waals surface area contributed by atoms with Crippen LogP contribution in [0.3, 0.4) is 0 Å². The Bertz CT molecular complexity index is 837. The Hall–Kier alpha value is -3.15. The molecule has 0 saturated carbocycles. The van der Waals surface area contributed by atoms with Crippen molar-refractivity contribution >= 4 is 17.8 Å². The first kappa shape index (κ1) is 15.7. The number of nitrogens with zero attached hydrogens (tertiary/aromatic N) is 1. The van der Waals surface area contributed by atoms with Crippen LogP contribution >= 0.6 is 0 Å². The third-order valence-electron chi connectivity index (χ3n) is 3.98. The third-order valence-corrected chi connectivity index (χ3v) is 3.98. The van der Waals surface area contributed by atoms with Crippen molar-refractivity contribution in [2.24, 2.45) is 0 Å². The highest BCUT2D eigenvalue weighted by Crippen LogP contribution is 2.28. The fourth-order valence-corrected chi connectivity index (χ4v) is 2.78. The van der Waals surface area contributed by atoms with E-state index < -0.39 is 5.97 Å². The average molecular weight is 325 g/mol. The molecule has 122 valence electrons. The van der Waals surface area contributed by atoms with Gasteiger partial charge in [0.1, 0.15) is 11.3 Å². The number of fused-ring (bicyclic) bond motifs is 1.